The van der Waals surface area contributed by atoms with E-state index in [0.29, 0.717) is 0 Å². The van der Waals surface area contributed by atoms with Crippen LogP contribution in [0.1, 0.15) is 21.5 Å². The first-order valence-corrected chi connectivity index (χ1v) is 5.58. The number of carbonyl (C=O) groups excluding carboxylic acids is 1. The van der Waals surface area contributed by atoms with Crippen molar-refractivity contribution in [2.24, 2.45) is 5.92 Å². The number of aromatic amines is 1. The second kappa shape index (κ2) is 3.63. The van der Waals surface area contributed by atoms with Crippen LogP contribution in [0.2, 0.25) is 0 Å². The fourth-order valence-corrected chi connectivity index (χ4v) is 2.46. The summed E-state index contributed by atoms with van der Waals surface area (Å²) in [6.45, 7) is 0. The lowest BCUT2D eigenvalue weighted by Crippen LogP contribution is -2.14. The van der Waals surface area contributed by atoms with Crippen LogP contribution < -0.4 is 0 Å². The molecule has 0 amide bonds. The molecule has 0 radical (unpaired) electrons. The van der Waals surface area contributed by atoms with E-state index in [1.165, 1.54) is 11.1 Å². The van der Waals surface area contributed by atoms with Crippen LogP contribution in [0.3, 0.4) is 0 Å². The van der Waals surface area contributed by atoms with Gasteiger partial charge in [-0.25, -0.2) is 0 Å². The summed E-state index contributed by atoms with van der Waals surface area (Å²) in [5.74, 6) is 0.394. The third-order valence-electron chi connectivity index (χ3n) is 3.30. The first kappa shape index (κ1) is 9.40. The van der Waals surface area contributed by atoms with E-state index >= 15 is 0 Å². The molecule has 2 nitrogen and oxygen atoms in total. The number of hydrogen-bond acceptors (Lipinski definition) is 1. The molecule has 3 rings (SSSR count). The van der Waals surface area contributed by atoms with Crippen molar-refractivity contribution in [1.29, 1.82) is 0 Å². The summed E-state index contributed by atoms with van der Waals surface area (Å²) in [5, 5.41) is 0. The van der Waals surface area contributed by atoms with Gasteiger partial charge in [0.1, 0.15) is 0 Å². The van der Waals surface area contributed by atoms with Crippen LogP contribution in [0.5, 0.6) is 0 Å². The highest BCUT2D eigenvalue weighted by atomic mass is 16.1. The molecular weight excluding hydrogens is 198 g/mol. The number of rotatable bonds is 2. The Hall–Kier alpha value is -1.83. The zero-order chi connectivity index (χ0) is 11.0. The molecule has 2 heteroatoms. The van der Waals surface area contributed by atoms with Crippen molar-refractivity contribution in [2.45, 2.75) is 12.8 Å². The molecule has 0 unspecified atom stereocenters. The maximum atomic E-state index is 12.2. The quantitative estimate of drug-likeness (QED) is 0.761. The lowest BCUT2D eigenvalue weighted by molar-refractivity contribution is 0.0925. The Bertz CT molecular complexity index is 488. The van der Waals surface area contributed by atoms with Gasteiger partial charge in [-0.15, -0.1) is 0 Å². The van der Waals surface area contributed by atoms with Crippen LogP contribution in [-0.2, 0) is 12.8 Å². The van der Waals surface area contributed by atoms with Gasteiger partial charge in [0.2, 0.25) is 0 Å². The van der Waals surface area contributed by atoms with Gasteiger partial charge in [-0.1, -0.05) is 24.3 Å². The first-order valence-electron chi connectivity index (χ1n) is 5.58. The molecular formula is C14H13NO. The summed E-state index contributed by atoms with van der Waals surface area (Å²) < 4.78 is 0. The van der Waals surface area contributed by atoms with Crippen LogP contribution in [0.4, 0.5) is 0 Å². The highest BCUT2D eigenvalue weighted by Crippen LogP contribution is 2.28. The smallest absolute Gasteiger partial charge is 0.168 e. The van der Waals surface area contributed by atoms with Gasteiger partial charge in [-0.3, -0.25) is 4.79 Å². The molecule has 0 saturated heterocycles. The molecule has 0 bridgehead atoms. The summed E-state index contributed by atoms with van der Waals surface area (Å²) in [5.41, 5.74) is 3.46. The Morgan fingerprint density at radius 2 is 1.81 bits per heavy atom. The lowest BCUT2D eigenvalue weighted by Gasteiger charge is -2.05. The summed E-state index contributed by atoms with van der Waals surface area (Å²) >= 11 is 0. The Labute approximate surface area is 94.3 Å². The van der Waals surface area contributed by atoms with Crippen molar-refractivity contribution in [1.82, 2.24) is 4.98 Å². The van der Waals surface area contributed by atoms with Gasteiger partial charge < -0.3 is 4.98 Å². The van der Waals surface area contributed by atoms with Crippen LogP contribution in [0.25, 0.3) is 0 Å². The number of ketones is 1. The van der Waals surface area contributed by atoms with Crippen molar-refractivity contribution in [3.8, 4) is 0 Å². The number of hydrogen-bond donors (Lipinski definition) is 1. The van der Waals surface area contributed by atoms with E-state index < -0.39 is 0 Å². The number of nitrogens with one attached hydrogen (secondary N) is 1. The topological polar surface area (TPSA) is 32.9 Å². The molecule has 0 spiro atoms. The minimum atomic E-state index is 0.133. The number of carbonyl (C=O) groups is 1. The minimum Gasteiger partial charge on any atom is -0.367 e. The molecule has 0 atom stereocenters. The zero-order valence-corrected chi connectivity index (χ0v) is 8.94. The predicted octanol–water partition coefficient (Wildman–Crippen LogP) is 2.61. The monoisotopic (exact) mass is 211 g/mol. The van der Waals surface area contributed by atoms with Crippen molar-refractivity contribution in [2.75, 3.05) is 0 Å². The van der Waals surface area contributed by atoms with Crippen LogP contribution in [0, 0.1) is 5.92 Å². The van der Waals surface area contributed by atoms with E-state index in [-0.39, 0.29) is 11.7 Å². The Balaban J connectivity index is 1.84. The van der Waals surface area contributed by atoms with E-state index in [4.69, 9.17) is 0 Å². The number of H-pyrrole nitrogens is 1. The second-order valence-electron chi connectivity index (χ2n) is 4.34. The van der Waals surface area contributed by atoms with Gasteiger partial charge in [0.15, 0.2) is 5.78 Å². The molecule has 0 fully saturated rings. The van der Waals surface area contributed by atoms with Gasteiger partial charge in [0.25, 0.3) is 0 Å². The second-order valence-corrected chi connectivity index (χ2v) is 4.34. The molecule has 1 heterocycles. The minimum absolute atomic E-state index is 0.133. The third-order valence-corrected chi connectivity index (χ3v) is 3.30. The largest absolute Gasteiger partial charge is 0.367 e. The first-order chi connectivity index (χ1) is 7.84. The molecule has 2 aromatic rings. The van der Waals surface area contributed by atoms with Crippen molar-refractivity contribution in [3.05, 3.63) is 59.4 Å². The number of Topliss-reactive ketones (excluding diaryl/α,β-unsaturated/α-hetero) is 1. The number of fused-ring (bicyclic) bond motifs is 1. The van der Waals surface area contributed by atoms with Crippen LogP contribution in [0.15, 0.2) is 42.7 Å². The van der Waals surface area contributed by atoms with Gasteiger partial charge in [-0.2, -0.15) is 0 Å². The molecule has 1 aromatic heterocycles. The molecule has 1 N–H and O–H groups in total. The Kier molecular flexibility index (Phi) is 2.13. The zero-order valence-electron chi connectivity index (χ0n) is 8.94. The fraction of sp³-hybridized carbons (Fsp3) is 0.214. The van der Waals surface area contributed by atoms with Crippen molar-refractivity contribution in [3.63, 3.8) is 0 Å². The number of aromatic nitrogens is 1. The molecule has 80 valence electrons. The van der Waals surface area contributed by atoms with E-state index in [2.05, 4.69) is 17.1 Å². The Morgan fingerprint density at radius 1 is 1.12 bits per heavy atom. The fourth-order valence-electron chi connectivity index (χ4n) is 2.46. The molecule has 1 aliphatic rings. The summed E-state index contributed by atoms with van der Waals surface area (Å²) in [7, 11) is 0. The molecule has 0 aliphatic heterocycles. The van der Waals surface area contributed by atoms with Gasteiger partial charge in [0, 0.05) is 23.9 Å². The van der Waals surface area contributed by atoms with E-state index in [1.54, 1.807) is 12.4 Å². The average molecular weight is 211 g/mol. The predicted molar refractivity (Wildman–Crippen MR) is 62.5 cm³/mol. The number of benzene rings is 1. The van der Waals surface area contributed by atoms with Gasteiger partial charge in [0.05, 0.1) is 0 Å². The van der Waals surface area contributed by atoms with Crippen LogP contribution in [-0.4, -0.2) is 10.8 Å². The van der Waals surface area contributed by atoms with E-state index in [1.807, 2.05) is 18.2 Å². The molecule has 1 aliphatic carbocycles. The van der Waals surface area contributed by atoms with E-state index in [9.17, 15) is 4.79 Å². The maximum absolute atomic E-state index is 12.2. The molecule has 1 aromatic carbocycles. The SMILES string of the molecule is O=C(c1cc[nH]c1)C1Cc2ccccc2C1. The van der Waals surface area contributed by atoms with Gasteiger partial charge in [-0.05, 0) is 30.0 Å². The third kappa shape index (κ3) is 1.47. The van der Waals surface area contributed by atoms with Gasteiger partial charge >= 0.3 is 0 Å². The lowest BCUT2D eigenvalue weighted by atomic mass is 9.97. The van der Waals surface area contributed by atoms with E-state index in [0.717, 1.165) is 18.4 Å². The van der Waals surface area contributed by atoms with Crippen molar-refractivity contribution < 1.29 is 4.79 Å². The standard InChI is InChI=1S/C14H13NO/c16-14(12-5-6-15-9-12)13-7-10-3-1-2-4-11(10)8-13/h1-6,9,13,15H,7-8H2. The highest BCUT2D eigenvalue weighted by Gasteiger charge is 2.27. The maximum Gasteiger partial charge on any atom is 0.168 e. The normalized spacial score (nSPS) is 15.0. The summed E-state index contributed by atoms with van der Waals surface area (Å²) in [4.78, 5) is 15.1. The molecule has 0 saturated carbocycles. The average Bonchev–Trinajstić information content (AvgIpc) is 2.97. The summed E-state index contributed by atoms with van der Waals surface area (Å²) in [6.07, 6.45) is 5.36. The summed E-state index contributed by atoms with van der Waals surface area (Å²) in [6, 6.07) is 10.2. The Morgan fingerprint density at radius 3 is 2.38 bits per heavy atom. The molecule has 16 heavy (non-hydrogen) atoms. The van der Waals surface area contributed by atoms with Crippen LogP contribution >= 0.6 is 0 Å². The van der Waals surface area contributed by atoms with Crippen molar-refractivity contribution >= 4 is 5.78 Å². The highest BCUT2D eigenvalue weighted by molar-refractivity contribution is 5.98.